The maximum Gasteiger partial charge on any atom is 0.312 e. The molecule has 8 atom stereocenters. The van der Waals surface area contributed by atoms with Crippen molar-refractivity contribution in [3.63, 3.8) is 0 Å². The second-order valence-electron chi connectivity index (χ2n) is 13.6. The third-order valence-corrected chi connectivity index (χ3v) is 9.76. The summed E-state index contributed by atoms with van der Waals surface area (Å²) in [5.74, 6) is -2.85. The molecule has 2 bridgehead atoms. The minimum absolute atomic E-state index is 0.0663. The van der Waals surface area contributed by atoms with Crippen LogP contribution in [0, 0.1) is 23.2 Å². The fourth-order valence-electron chi connectivity index (χ4n) is 7.43. The predicted molar refractivity (Wildman–Crippen MR) is 159 cm³/mol. The van der Waals surface area contributed by atoms with Crippen LogP contribution in [0.15, 0.2) is 25.3 Å². The van der Waals surface area contributed by atoms with Gasteiger partial charge in [0.15, 0.2) is 0 Å². The smallest absolute Gasteiger partial charge is 0.312 e. The lowest BCUT2D eigenvalue weighted by atomic mass is 9.70. The Labute approximate surface area is 248 Å². The van der Waals surface area contributed by atoms with Crippen LogP contribution in [0.25, 0.3) is 0 Å². The SMILES string of the molecule is C=CCCOC(=O)[C@H]1[C@@H]2OC3(CC2Br)C(C(=O)N(CC=C)C(C)(C)CC(C)(C)C)N([C@@H](CO)[C@@H](C)CC)C(=O)[C@H]13. The van der Waals surface area contributed by atoms with Crippen molar-refractivity contribution in [1.29, 1.82) is 0 Å². The molecule has 0 aliphatic carbocycles. The Balaban J connectivity index is 2.16. The Morgan fingerprint density at radius 2 is 1.93 bits per heavy atom. The Morgan fingerprint density at radius 1 is 1.27 bits per heavy atom. The number of likely N-dealkylation sites (tertiary alicyclic amines) is 1. The largest absolute Gasteiger partial charge is 0.465 e. The minimum atomic E-state index is -1.22. The summed E-state index contributed by atoms with van der Waals surface area (Å²) in [6.45, 7) is 22.2. The van der Waals surface area contributed by atoms with Crippen LogP contribution in [0.1, 0.15) is 74.1 Å². The van der Waals surface area contributed by atoms with Crippen molar-refractivity contribution in [2.45, 2.75) is 108 Å². The summed E-state index contributed by atoms with van der Waals surface area (Å²) in [6.07, 6.45) is 5.11. The van der Waals surface area contributed by atoms with Crippen LogP contribution >= 0.6 is 15.9 Å². The van der Waals surface area contributed by atoms with Crippen molar-refractivity contribution in [1.82, 2.24) is 9.80 Å². The second-order valence-corrected chi connectivity index (χ2v) is 14.8. The van der Waals surface area contributed by atoms with E-state index in [0.717, 1.165) is 0 Å². The number of hydrogen-bond donors (Lipinski definition) is 1. The summed E-state index contributed by atoms with van der Waals surface area (Å²) < 4.78 is 12.2. The quantitative estimate of drug-likeness (QED) is 0.140. The number of halogens is 1. The zero-order chi connectivity index (χ0) is 30.2. The molecular weight excluding hydrogens is 576 g/mol. The van der Waals surface area contributed by atoms with Gasteiger partial charge in [-0.25, -0.2) is 0 Å². The van der Waals surface area contributed by atoms with E-state index in [1.165, 1.54) is 0 Å². The molecule has 3 saturated heterocycles. The Bertz CT molecular complexity index is 993. The zero-order valence-corrected chi connectivity index (χ0v) is 26.9. The first-order chi connectivity index (χ1) is 18.6. The number of aliphatic hydroxyl groups is 1. The number of carbonyl (C=O) groups is 3. The number of nitrogens with zero attached hydrogens (tertiary/aromatic N) is 2. The summed E-state index contributed by atoms with van der Waals surface area (Å²) in [4.78, 5) is 45.8. The van der Waals surface area contributed by atoms with Crippen molar-refractivity contribution in [3.8, 4) is 0 Å². The molecule has 1 spiro atoms. The van der Waals surface area contributed by atoms with Gasteiger partial charge in [0.05, 0.1) is 37.2 Å². The van der Waals surface area contributed by atoms with Gasteiger partial charge in [-0.05, 0) is 44.4 Å². The van der Waals surface area contributed by atoms with Gasteiger partial charge in [-0.1, -0.05) is 69.1 Å². The fourth-order valence-corrected chi connectivity index (χ4v) is 8.37. The third-order valence-electron chi connectivity index (χ3n) is 8.92. The van der Waals surface area contributed by atoms with Gasteiger partial charge < -0.3 is 24.4 Å². The Kier molecular flexibility index (Phi) is 10.1. The van der Waals surface area contributed by atoms with Crippen LogP contribution < -0.4 is 0 Å². The van der Waals surface area contributed by atoms with Crippen molar-refractivity contribution >= 4 is 33.7 Å². The summed E-state index contributed by atoms with van der Waals surface area (Å²) in [6, 6.07) is -1.59. The topological polar surface area (TPSA) is 96.4 Å². The zero-order valence-electron chi connectivity index (χ0n) is 25.3. The second kappa shape index (κ2) is 12.3. The molecule has 3 heterocycles. The lowest BCUT2D eigenvalue weighted by Crippen LogP contribution is -2.63. The summed E-state index contributed by atoms with van der Waals surface area (Å²) in [5, 5.41) is 10.6. The molecule has 3 aliphatic heterocycles. The van der Waals surface area contributed by atoms with E-state index in [1.54, 1.807) is 22.0 Å². The highest BCUT2D eigenvalue weighted by Gasteiger charge is 2.78. The molecule has 1 N–H and O–H groups in total. The number of aliphatic hydroxyl groups excluding tert-OH is 1. The van der Waals surface area contributed by atoms with Crippen LogP contribution in [0.3, 0.4) is 0 Å². The van der Waals surface area contributed by atoms with E-state index in [4.69, 9.17) is 9.47 Å². The first-order valence-corrected chi connectivity index (χ1v) is 15.5. The van der Waals surface area contributed by atoms with Gasteiger partial charge >= 0.3 is 5.97 Å². The molecule has 0 aromatic carbocycles. The number of ether oxygens (including phenoxy) is 2. The van der Waals surface area contributed by atoms with Gasteiger partial charge in [0, 0.05) is 16.9 Å². The molecule has 3 fully saturated rings. The molecule has 0 radical (unpaired) electrons. The molecule has 3 rings (SSSR count). The first-order valence-electron chi connectivity index (χ1n) is 14.6. The van der Waals surface area contributed by atoms with Gasteiger partial charge in [0.1, 0.15) is 11.6 Å². The average Bonchev–Trinajstić information content (AvgIpc) is 3.44. The van der Waals surface area contributed by atoms with Crippen molar-refractivity contribution in [2.24, 2.45) is 23.2 Å². The van der Waals surface area contributed by atoms with Crippen LogP contribution in [0.2, 0.25) is 0 Å². The molecule has 2 amide bonds. The maximum absolute atomic E-state index is 14.9. The summed E-state index contributed by atoms with van der Waals surface area (Å²) in [5.41, 5.74) is -1.85. The Morgan fingerprint density at radius 3 is 2.45 bits per heavy atom. The van der Waals surface area contributed by atoms with Crippen LogP contribution in [-0.4, -0.2) is 86.6 Å². The van der Waals surface area contributed by atoms with E-state index < -0.39 is 47.1 Å². The highest BCUT2D eigenvalue weighted by atomic mass is 79.9. The van der Waals surface area contributed by atoms with Crippen molar-refractivity contribution in [3.05, 3.63) is 25.3 Å². The molecule has 0 saturated carbocycles. The van der Waals surface area contributed by atoms with Crippen LogP contribution in [0.4, 0.5) is 0 Å². The molecule has 3 unspecified atom stereocenters. The van der Waals surface area contributed by atoms with E-state index in [9.17, 15) is 19.5 Å². The number of alkyl halides is 1. The standard InChI is InChI=1S/C31H49BrN2O6/c1-10-13-15-39-28(38)22-23-26(36)34(21(17-35)19(4)12-3)25(31(23)16-20(32)24(22)40-31)27(37)33(14-11-2)30(8,9)18-29(5,6)7/h10-11,19-25,35H,1-2,12-18H2,3-9H3/t19-,20?,21-,22+,23-,24+,25?,31?/m0/s1. The van der Waals surface area contributed by atoms with Gasteiger partial charge in [0.2, 0.25) is 11.8 Å². The summed E-state index contributed by atoms with van der Waals surface area (Å²) >= 11 is 3.71. The highest BCUT2D eigenvalue weighted by molar-refractivity contribution is 9.09. The molecule has 40 heavy (non-hydrogen) atoms. The van der Waals surface area contributed by atoms with Gasteiger partial charge in [0.25, 0.3) is 0 Å². The van der Waals surface area contributed by atoms with E-state index in [-0.39, 0.29) is 41.2 Å². The number of esters is 1. The first kappa shape index (κ1) is 32.8. The van der Waals surface area contributed by atoms with Crippen LogP contribution in [-0.2, 0) is 23.9 Å². The number of hydrogen-bond acceptors (Lipinski definition) is 6. The molecular formula is C31H49BrN2O6. The minimum Gasteiger partial charge on any atom is -0.465 e. The van der Waals surface area contributed by atoms with E-state index in [0.29, 0.717) is 32.2 Å². The van der Waals surface area contributed by atoms with E-state index >= 15 is 0 Å². The van der Waals surface area contributed by atoms with E-state index in [1.807, 2.05) is 27.7 Å². The number of rotatable bonds is 13. The predicted octanol–water partition coefficient (Wildman–Crippen LogP) is 4.49. The molecule has 8 nitrogen and oxygen atoms in total. The van der Waals surface area contributed by atoms with E-state index in [2.05, 4.69) is 49.9 Å². The number of carbonyl (C=O) groups excluding carboxylic acids is 3. The van der Waals surface area contributed by atoms with Crippen LogP contribution in [0.5, 0.6) is 0 Å². The Hall–Kier alpha value is -1.71. The molecule has 3 aliphatic rings. The van der Waals surface area contributed by atoms with Crippen molar-refractivity contribution in [2.75, 3.05) is 19.8 Å². The summed E-state index contributed by atoms with van der Waals surface area (Å²) in [7, 11) is 0. The van der Waals surface area contributed by atoms with Crippen molar-refractivity contribution < 1.29 is 29.0 Å². The average molecular weight is 626 g/mol. The molecule has 9 heteroatoms. The highest BCUT2D eigenvalue weighted by Crippen LogP contribution is 2.61. The molecule has 0 aromatic rings. The van der Waals surface area contributed by atoms with Gasteiger partial charge in [-0.3, -0.25) is 14.4 Å². The lowest BCUT2D eigenvalue weighted by Gasteiger charge is -2.47. The number of amides is 2. The molecule has 226 valence electrons. The fraction of sp³-hybridized carbons (Fsp3) is 0.774. The molecule has 0 aromatic heterocycles. The number of fused-ring (bicyclic) bond motifs is 1. The van der Waals surface area contributed by atoms with Gasteiger partial charge in [-0.2, -0.15) is 0 Å². The maximum atomic E-state index is 14.9. The normalized spacial score (nSPS) is 31.1. The monoisotopic (exact) mass is 624 g/mol. The lowest BCUT2D eigenvalue weighted by molar-refractivity contribution is -0.158. The third kappa shape index (κ3) is 5.80. The van der Waals surface area contributed by atoms with Gasteiger partial charge in [-0.15, -0.1) is 13.2 Å².